The molecule has 1 N–H and O–H groups in total. The summed E-state index contributed by atoms with van der Waals surface area (Å²) in [4.78, 5) is 0. The molecule has 1 aromatic carbocycles. The van der Waals surface area contributed by atoms with Crippen LogP contribution in [0.15, 0.2) is 22.7 Å². The van der Waals surface area contributed by atoms with Crippen molar-refractivity contribution >= 4 is 15.9 Å². The van der Waals surface area contributed by atoms with E-state index in [2.05, 4.69) is 28.2 Å². The fourth-order valence-corrected chi connectivity index (χ4v) is 3.02. The highest BCUT2D eigenvalue weighted by atomic mass is 79.9. The third-order valence-corrected chi connectivity index (χ3v) is 4.41. The van der Waals surface area contributed by atoms with Gasteiger partial charge in [0, 0.05) is 35.3 Å². The van der Waals surface area contributed by atoms with Gasteiger partial charge in [0.15, 0.2) is 0 Å². The van der Waals surface area contributed by atoms with E-state index < -0.39 is 0 Å². The molecule has 0 aromatic heterocycles. The van der Waals surface area contributed by atoms with Crippen molar-refractivity contribution < 1.29 is 9.13 Å². The molecule has 106 valence electrons. The summed E-state index contributed by atoms with van der Waals surface area (Å²) in [5.74, 6) is 0.461. The maximum Gasteiger partial charge on any atom is 0.129 e. The van der Waals surface area contributed by atoms with Gasteiger partial charge in [-0.05, 0) is 44.7 Å². The van der Waals surface area contributed by atoms with E-state index in [1.807, 2.05) is 19.1 Å². The average Bonchev–Trinajstić information content (AvgIpc) is 2.39. The van der Waals surface area contributed by atoms with Crippen molar-refractivity contribution in [3.8, 4) is 0 Å². The van der Waals surface area contributed by atoms with Crippen molar-refractivity contribution in [1.82, 2.24) is 5.32 Å². The Bertz CT molecular complexity index is 421. The zero-order valence-corrected chi connectivity index (χ0v) is 13.0. The molecule has 2 unspecified atom stereocenters. The zero-order chi connectivity index (χ0) is 13.8. The van der Waals surface area contributed by atoms with Crippen molar-refractivity contribution in [3.63, 3.8) is 0 Å². The number of hydrogen-bond donors (Lipinski definition) is 1. The Morgan fingerprint density at radius 1 is 1.32 bits per heavy atom. The van der Waals surface area contributed by atoms with E-state index in [-0.39, 0.29) is 11.9 Å². The second-order valence-corrected chi connectivity index (χ2v) is 6.21. The van der Waals surface area contributed by atoms with Gasteiger partial charge in [-0.25, -0.2) is 4.39 Å². The molecule has 0 radical (unpaired) electrons. The summed E-state index contributed by atoms with van der Waals surface area (Å²) in [7, 11) is 0. The molecule has 2 rings (SSSR count). The molecular weight excluding hydrogens is 309 g/mol. The van der Waals surface area contributed by atoms with Gasteiger partial charge in [-0.1, -0.05) is 22.0 Å². The molecular formula is C15H21BrFNO. The first-order valence-electron chi connectivity index (χ1n) is 6.86. The Labute approximate surface area is 122 Å². The summed E-state index contributed by atoms with van der Waals surface area (Å²) in [5.41, 5.74) is 0.724. The fourth-order valence-electron chi connectivity index (χ4n) is 2.69. The number of nitrogens with one attached hydrogen (secondary N) is 1. The largest absolute Gasteiger partial charge is 0.381 e. The molecule has 1 aliphatic heterocycles. The minimum Gasteiger partial charge on any atom is -0.381 e. The van der Waals surface area contributed by atoms with Crippen LogP contribution in [0.2, 0.25) is 0 Å². The van der Waals surface area contributed by atoms with Gasteiger partial charge in [-0.3, -0.25) is 0 Å². The molecule has 1 aliphatic rings. The lowest BCUT2D eigenvalue weighted by Gasteiger charge is -2.31. The summed E-state index contributed by atoms with van der Waals surface area (Å²) in [6, 6.07) is 5.64. The Kier molecular flexibility index (Phi) is 5.37. The summed E-state index contributed by atoms with van der Waals surface area (Å²) in [5, 5.41) is 3.52. The van der Waals surface area contributed by atoms with Crippen LogP contribution in [-0.2, 0) is 4.74 Å². The van der Waals surface area contributed by atoms with Crippen LogP contribution in [0.1, 0.15) is 38.3 Å². The van der Waals surface area contributed by atoms with Crippen LogP contribution in [0.3, 0.4) is 0 Å². The Hall–Kier alpha value is -0.450. The second-order valence-electron chi connectivity index (χ2n) is 5.29. The van der Waals surface area contributed by atoms with Crippen LogP contribution in [-0.4, -0.2) is 19.3 Å². The quantitative estimate of drug-likeness (QED) is 0.899. The van der Waals surface area contributed by atoms with Crippen molar-refractivity contribution in [2.24, 2.45) is 5.92 Å². The number of benzene rings is 1. The minimum absolute atomic E-state index is 0.0194. The molecule has 19 heavy (non-hydrogen) atoms. The Morgan fingerprint density at radius 2 is 2.00 bits per heavy atom. The molecule has 1 heterocycles. The molecule has 0 spiro atoms. The van der Waals surface area contributed by atoms with Crippen molar-refractivity contribution in [2.45, 2.75) is 38.8 Å². The van der Waals surface area contributed by atoms with Crippen LogP contribution in [0.25, 0.3) is 0 Å². The van der Waals surface area contributed by atoms with Crippen molar-refractivity contribution in [1.29, 1.82) is 0 Å². The molecule has 2 atom stereocenters. The van der Waals surface area contributed by atoms with Crippen LogP contribution >= 0.6 is 15.9 Å². The SMILES string of the molecule is CC(NC(C)C1CCOCC1)c1ccc(Br)cc1F. The molecule has 1 aromatic rings. The van der Waals surface area contributed by atoms with Crippen molar-refractivity contribution in [3.05, 3.63) is 34.1 Å². The van der Waals surface area contributed by atoms with Gasteiger partial charge < -0.3 is 10.1 Å². The maximum absolute atomic E-state index is 13.9. The normalized spacial score (nSPS) is 20.2. The molecule has 0 saturated carbocycles. The summed E-state index contributed by atoms with van der Waals surface area (Å²) in [6.07, 6.45) is 2.17. The number of rotatable bonds is 4. The number of hydrogen-bond acceptors (Lipinski definition) is 2. The lowest BCUT2D eigenvalue weighted by Crippen LogP contribution is -2.38. The zero-order valence-electron chi connectivity index (χ0n) is 11.5. The molecule has 2 nitrogen and oxygen atoms in total. The van der Waals surface area contributed by atoms with Crippen LogP contribution < -0.4 is 5.32 Å². The summed E-state index contributed by atoms with van der Waals surface area (Å²) < 4.78 is 20.1. The van der Waals surface area contributed by atoms with Gasteiger partial charge in [-0.15, -0.1) is 0 Å². The lowest BCUT2D eigenvalue weighted by molar-refractivity contribution is 0.0546. The summed E-state index contributed by atoms with van der Waals surface area (Å²) in [6.45, 7) is 5.89. The van der Waals surface area contributed by atoms with E-state index in [1.54, 1.807) is 0 Å². The highest BCUT2D eigenvalue weighted by Gasteiger charge is 2.22. The van der Waals surface area contributed by atoms with Gasteiger partial charge >= 0.3 is 0 Å². The summed E-state index contributed by atoms with van der Waals surface area (Å²) >= 11 is 3.28. The molecule has 4 heteroatoms. The fraction of sp³-hybridized carbons (Fsp3) is 0.600. The maximum atomic E-state index is 13.9. The van der Waals surface area contributed by atoms with Gasteiger partial charge in [-0.2, -0.15) is 0 Å². The highest BCUT2D eigenvalue weighted by Crippen LogP contribution is 2.24. The first-order chi connectivity index (χ1) is 9.08. The first kappa shape index (κ1) is 14.9. The Morgan fingerprint density at radius 3 is 2.63 bits per heavy atom. The van der Waals surface area contributed by atoms with Gasteiger partial charge in [0.2, 0.25) is 0 Å². The molecule has 0 amide bonds. The van der Waals surface area contributed by atoms with Gasteiger partial charge in [0.25, 0.3) is 0 Å². The molecule has 1 fully saturated rings. The average molecular weight is 330 g/mol. The Balaban J connectivity index is 1.97. The monoisotopic (exact) mass is 329 g/mol. The third kappa shape index (κ3) is 4.01. The minimum atomic E-state index is -0.159. The first-order valence-corrected chi connectivity index (χ1v) is 7.66. The topological polar surface area (TPSA) is 21.3 Å². The van der Waals surface area contributed by atoms with E-state index in [1.165, 1.54) is 6.07 Å². The highest BCUT2D eigenvalue weighted by molar-refractivity contribution is 9.10. The van der Waals surface area contributed by atoms with E-state index in [9.17, 15) is 4.39 Å². The van der Waals surface area contributed by atoms with Gasteiger partial charge in [0.05, 0.1) is 0 Å². The molecule has 1 saturated heterocycles. The predicted octanol–water partition coefficient (Wildman–Crippen LogP) is 4.05. The molecule has 0 bridgehead atoms. The van der Waals surface area contributed by atoms with E-state index >= 15 is 0 Å². The molecule has 0 aliphatic carbocycles. The van der Waals surface area contributed by atoms with Crippen molar-refractivity contribution in [2.75, 3.05) is 13.2 Å². The van der Waals surface area contributed by atoms with E-state index in [4.69, 9.17) is 4.74 Å². The predicted molar refractivity (Wildman–Crippen MR) is 78.7 cm³/mol. The number of halogens is 2. The second kappa shape index (κ2) is 6.82. The lowest BCUT2D eigenvalue weighted by atomic mass is 9.92. The van der Waals surface area contributed by atoms with Crippen LogP contribution in [0.5, 0.6) is 0 Å². The van der Waals surface area contributed by atoms with Crippen LogP contribution in [0.4, 0.5) is 4.39 Å². The van der Waals surface area contributed by atoms with Crippen LogP contribution in [0, 0.1) is 11.7 Å². The third-order valence-electron chi connectivity index (χ3n) is 3.91. The smallest absolute Gasteiger partial charge is 0.129 e. The standard InChI is InChI=1S/C15H21BrFNO/c1-10(12-5-7-19-8-6-12)18-11(2)14-4-3-13(16)9-15(14)17/h3-4,9-12,18H,5-8H2,1-2H3. The van der Waals surface area contributed by atoms with Gasteiger partial charge in [0.1, 0.15) is 5.82 Å². The van der Waals surface area contributed by atoms with E-state index in [0.717, 1.165) is 36.1 Å². The van der Waals surface area contributed by atoms with E-state index in [0.29, 0.717) is 12.0 Å². The number of ether oxygens (including phenoxy) is 1.